The number of nitriles is 1. The smallest absolute Gasteiger partial charge is 0.243 e. The summed E-state index contributed by atoms with van der Waals surface area (Å²) >= 11 is 0. The van der Waals surface area contributed by atoms with E-state index in [4.69, 9.17) is 0 Å². The number of carbonyl (C=O) groups excluding carboxylic acids is 4. The van der Waals surface area contributed by atoms with Crippen molar-refractivity contribution in [2.75, 3.05) is 0 Å². The average molecular weight is 446 g/mol. The number of carbonyl (C=O) groups is 4. The summed E-state index contributed by atoms with van der Waals surface area (Å²) in [5, 5.41) is 20.8. The molecule has 1 spiro atoms. The Balaban J connectivity index is 1.63. The summed E-state index contributed by atoms with van der Waals surface area (Å²) in [6, 6.07) is -0.297. The average Bonchev–Trinajstić information content (AvgIpc) is 3.60. The van der Waals surface area contributed by atoms with E-state index in [1.165, 1.54) is 6.92 Å². The molecular formula is C23H35N5O4. The van der Waals surface area contributed by atoms with Crippen LogP contribution in [0.5, 0.6) is 0 Å². The SMILES string of the molecule is CC(=O)NC(C(=O)NC(CC1CC1)C(=O)NC(C#N)CC1CC2(CC2)NC1=O)C(C)(C)C. The first-order valence-corrected chi connectivity index (χ1v) is 11.5. The highest BCUT2D eigenvalue weighted by Gasteiger charge is 2.52. The van der Waals surface area contributed by atoms with Crippen molar-refractivity contribution in [3.8, 4) is 6.07 Å². The zero-order valence-corrected chi connectivity index (χ0v) is 19.4. The minimum absolute atomic E-state index is 0.0526. The fourth-order valence-corrected chi connectivity index (χ4v) is 4.40. The lowest BCUT2D eigenvalue weighted by Gasteiger charge is -2.31. The second kappa shape index (κ2) is 9.08. The lowest BCUT2D eigenvalue weighted by molar-refractivity contribution is -0.134. The summed E-state index contributed by atoms with van der Waals surface area (Å²) in [5.74, 6) is -1.15. The van der Waals surface area contributed by atoms with Crippen LogP contribution < -0.4 is 21.3 Å². The van der Waals surface area contributed by atoms with E-state index in [1.54, 1.807) is 0 Å². The van der Waals surface area contributed by atoms with Crippen molar-refractivity contribution in [3.05, 3.63) is 0 Å². The van der Waals surface area contributed by atoms with Crippen LogP contribution in [0, 0.1) is 28.6 Å². The fourth-order valence-electron chi connectivity index (χ4n) is 4.40. The van der Waals surface area contributed by atoms with Gasteiger partial charge in [0.05, 0.1) is 6.07 Å². The Labute approximate surface area is 189 Å². The van der Waals surface area contributed by atoms with Gasteiger partial charge in [-0.15, -0.1) is 0 Å². The second-order valence-corrected chi connectivity index (χ2v) is 10.8. The van der Waals surface area contributed by atoms with Crippen molar-refractivity contribution in [3.63, 3.8) is 0 Å². The Morgan fingerprint density at radius 2 is 1.78 bits per heavy atom. The first kappa shape index (κ1) is 24.0. The molecule has 3 aliphatic rings. The van der Waals surface area contributed by atoms with Gasteiger partial charge in [-0.25, -0.2) is 0 Å². The first-order valence-electron chi connectivity index (χ1n) is 11.5. The topological polar surface area (TPSA) is 140 Å². The molecule has 3 rings (SSSR count). The molecule has 0 aromatic rings. The summed E-state index contributed by atoms with van der Waals surface area (Å²) in [6.07, 6.45) is 5.39. The predicted octanol–water partition coefficient (Wildman–Crippen LogP) is 0.889. The third-order valence-electron chi connectivity index (χ3n) is 6.62. The van der Waals surface area contributed by atoms with Crippen LogP contribution in [0.3, 0.4) is 0 Å². The van der Waals surface area contributed by atoms with Gasteiger partial charge in [-0.2, -0.15) is 5.26 Å². The van der Waals surface area contributed by atoms with E-state index in [9.17, 15) is 24.4 Å². The van der Waals surface area contributed by atoms with E-state index < -0.39 is 35.4 Å². The molecular weight excluding hydrogens is 410 g/mol. The van der Waals surface area contributed by atoms with Crippen molar-refractivity contribution in [2.45, 2.75) is 96.3 Å². The van der Waals surface area contributed by atoms with E-state index in [-0.39, 0.29) is 29.7 Å². The van der Waals surface area contributed by atoms with Gasteiger partial charge in [0.25, 0.3) is 0 Å². The normalized spacial score (nSPS) is 24.0. The van der Waals surface area contributed by atoms with Gasteiger partial charge >= 0.3 is 0 Å². The van der Waals surface area contributed by atoms with Crippen molar-refractivity contribution >= 4 is 23.6 Å². The van der Waals surface area contributed by atoms with Crippen LogP contribution in [0.15, 0.2) is 0 Å². The Hall–Kier alpha value is -2.63. The summed E-state index contributed by atoms with van der Waals surface area (Å²) in [7, 11) is 0. The van der Waals surface area contributed by atoms with E-state index in [0.717, 1.165) is 25.7 Å². The molecule has 176 valence electrons. The van der Waals surface area contributed by atoms with Crippen LogP contribution in [0.1, 0.15) is 72.6 Å². The van der Waals surface area contributed by atoms with Crippen LogP contribution in [0.2, 0.25) is 0 Å². The summed E-state index contributed by atoms with van der Waals surface area (Å²) in [4.78, 5) is 49.8. The quantitative estimate of drug-likeness (QED) is 0.417. The zero-order chi connectivity index (χ0) is 23.7. The van der Waals surface area contributed by atoms with E-state index >= 15 is 0 Å². The Kier molecular flexibility index (Phi) is 6.82. The minimum Gasteiger partial charge on any atom is -0.350 e. The van der Waals surface area contributed by atoms with Crippen molar-refractivity contribution in [2.24, 2.45) is 17.3 Å². The van der Waals surface area contributed by atoms with Gasteiger partial charge in [0, 0.05) is 18.4 Å². The molecule has 3 fully saturated rings. The van der Waals surface area contributed by atoms with Crippen molar-refractivity contribution in [1.29, 1.82) is 5.26 Å². The third kappa shape index (κ3) is 6.21. The van der Waals surface area contributed by atoms with E-state index in [2.05, 4.69) is 27.3 Å². The molecule has 0 aromatic heterocycles. The highest BCUT2D eigenvalue weighted by molar-refractivity contribution is 5.92. The molecule has 1 heterocycles. The van der Waals surface area contributed by atoms with Gasteiger partial charge in [0.15, 0.2) is 0 Å². The number of rotatable bonds is 9. The molecule has 2 saturated carbocycles. The highest BCUT2D eigenvalue weighted by atomic mass is 16.2. The summed E-state index contributed by atoms with van der Waals surface area (Å²) in [6.45, 7) is 6.87. The van der Waals surface area contributed by atoms with Gasteiger partial charge in [-0.1, -0.05) is 33.6 Å². The van der Waals surface area contributed by atoms with Crippen LogP contribution in [0.25, 0.3) is 0 Å². The molecule has 4 unspecified atom stereocenters. The van der Waals surface area contributed by atoms with E-state index in [1.807, 2.05) is 20.8 Å². The molecule has 4 atom stereocenters. The Bertz CT molecular complexity index is 819. The molecule has 32 heavy (non-hydrogen) atoms. The molecule has 4 amide bonds. The molecule has 2 aliphatic carbocycles. The second-order valence-electron chi connectivity index (χ2n) is 10.8. The predicted molar refractivity (Wildman–Crippen MR) is 117 cm³/mol. The molecule has 4 N–H and O–H groups in total. The Morgan fingerprint density at radius 3 is 2.25 bits per heavy atom. The molecule has 0 bridgehead atoms. The molecule has 0 aromatic carbocycles. The van der Waals surface area contributed by atoms with Gasteiger partial charge < -0.3 is 21.3 Å². The van der Waals surface area contributed by atoms with E-state index in [0.29, 0.717) is 18.8 Å². The number of amides is 4. The fraction of sp³-hybridized carbons (Fsp3) is 0.783. The number of hydrogen-bond donors (Lipinski definition) is 4. The molecule has 9 nitrogen and oxygen atoms in total. The van der Waals surface area contributed by atoms with Gasteiger partial charge in [0.2, 0.25) is 23.6 Å². The van der Waals surface area contributed by atoms with Crippen molar-refractivity contribution in [1.82, 2.24) is 21.3 Å². The van der Waals surface area contributed by atoms with Gasteiger partial charge in [0.1, 0.15) is 18.1 Å². The Morgan fingerprint density at radius 1 is 1.12 bits per heavy atom. The standard InChI is InChI=1S/C23H35N5O4/c1-13(29)25-18(22(2,3)4)21(32)27-17(9-14-5-6-14)20(31)26-16(12-24)10-15-11-23(7-8-23)28-19(15)30/h14-18H,5-11H2,1-4H3,(H,25,29)(H,26,31)(H,27,32)(H,28,30). The minimum atomic E-state index is -0.806. The maximum atomic E-state index is 13.0. The maximum absolute atomic E-state index is 13.0. The van der Waals surface area contributed by atoms with Gasteiger partial charge in [-0.3, -0.25) is 19.2 Å². The van der Waals surface area contributed by atoms with Gasteiger partial charge in [-0.05, 0) is 43.4 Å². The number of nitrogens with zero attached hydrogens (tertiary/aromatic N) is 1. The summed E-state index contributed by atoms with van der Waals surface area (Å²) in [5.41, 5.74) is -0.625. The first-order chi connectivity index (χ1) is 14.9. The van der Waals surface area contributed by atoms with Crippen LogP contribution in [0.4, 0.5) is 0 Å². The zero-order valence-electron chi connectivity index (χ0n) is 19.4. The lowest BCUT2D eigenvalue weighted by atomic mass is 9.85. The molecule has 1 saturated heterocycles. The number of nitrogens with one attached hydrogen (secondary N) is 4. The largest absolute Gasteiger partial charge is 0.350 e. The third-order valence-corrected chi connectivity index (χ3v) is 6.62. The monoisotopic (exact) mass is 445 g/mol. The van der Waals surface area contributed by atoms with Crippen LogP contribution >= 0.6 is 0 Å². The lowest BCUT2D eigenvalue weighted by Crippen LogP contribution is -2.58. The molecule has 1 aliphatic heterocycles. The number of hydrogen-bond acceptors (Lipinski definition) is 5. The molecule has 9 heteroatoms. The van der Waals surface area contributed by atoms with Crippen LogP contribution in [-0.4, -0.2) is 47.3 Å². The van der Waals surface area contributed by atoms with Crippen molar-refractivity contribution < 1.29 is 19.2 Å². The molecule has 0 radical (unpaired) electrons. The summed E-state index contributed by atoms with van der Waals surface area (Å²) < 4.78 is 0. The van der Waals surface area contributed by atoms with Crippen LogP contribution in [-0.2, 0) is 19.2 Å². The maximum Gasteiger partial charge on any atom is 0.243 e. The highest BCUT2D eigenvalue weighted by Crippen LogP contribution is 2.46.